The number of thiophene rings is 1. The first kappa shape index (κ1) is 28.2. The van der Waals surface area contributed by atoms with Gasteiger partial charge in [0.2, 0.25) is 0 Å². The Kier molecular flexibility index (Phi) is 8.24. The van der Waals surface area contributed by atoms with Crippen molar-refractivity contribution >= 4 is 55.6 Å². The number of rotatable bonds is 11. The average molecular weight is 574 g/mol. The Hall–Kier alpha value is -2.83. The maximum atomic E-state index is 13.5. The fraction of sp³-hybridized carbons (Fsp3) is 0.296. The molecule has 2 aromatic carbocycles. The second-order valence-electron chi connectivity index (χ2n) is 9.09. The first-order valence-electron chi connectivity index (χ1n) is 11.8. The molecular weight excluding hydrogens is 543 g/mol. The maximum Gasteiger partial charge on any atom is 0.273 e. The molecule has 0 radical (unpaired) electrons. The summed E-state index contributed by atoms with van der Waals surface area (Å²) < 4.78 is 38.6. The molecule has 0 fully saturated rings. The predicted molar refractivity (Wildman–Crippen MR) is 154 cm³/mol. The number of sulfonamides is 1. The minimum Gasteiger partial charge on any atom is -0.349 e. The largest absolute Gasteiger partial charge is 0.349 e. The van der Waals surface area contributed by atoms with Crippen molar-refractivity contribution in [2.45, 2.75) is 34.5 Å². The van der Waals surface area contributed by atoms with Crippen LogP contribution in [0.5, 0.6) is 0 Å². The van der Waals surface area contributed by atoms with Crippen LogP contribution in [0, 0.1) is 0 Å². The molecule has 38 heavy (non-hydrogen) atoms. The topological polar surface area (TPSA) is 101 Å². The molecule has 4 rings (SSSR count). The second-order valence-corrected chi connectivity index (χ2v) is 13.8. The van der Waals surface area contributed by atoms with Gasteiger partial charge >= 0.3 is 0 Å². The monoisotopic (exact) mass is 573 g/mol. The Labute approximate surface area is 231 Å². The number of carbonyl (C=O) groups excluding carboxylic acids is 1. The minimum atomic E-state index is -3.75. The van der Waals surface area contributed by atoms with E-state index >= 15 is 0 Å². The van der Waals surface area contributed by atoms with E-state index in [1.807, 2.05) is 50.2 Å². The van der Waals surface area contributed by atoms with Crippen LogP contribution in [0.4, 0.5) is 5.69 Å². The zero-order valence-electron chi connectivity index (χ0n) is 21.8. The van der Waals surface area contributed by atoms with Crippen LogP contribution in [0.25, 0.3) is 10.9 Å². The van der Waals surface area contributed by atoms with Crippen molar-refractivity contribution in [3.05, 3.63) is 83.4 Å². The Bertz CT molecular complexity index is 1500. The molecule has 0 atom stereocenters. The van der Waals surface area contributed by atoms with Gasteiger partial charge in [-0.3, -0.25) is 14.4 Å². The summed E-state index contributed by atoms with van der Waals surface area (Å²) in [5.74, 6) is -1.20. The van der Waals surface area contributed by atoms with Crippen molar-refractivity contribution in [1.29, 1.82) is 0 Å². The number of ether oxygens (including phenoxy) is 2. The number of H-pyrrole nitrogens is 1. The highest BCUT2D eigenvalue weighted by Crippen LogP contribution is 2.39. The fourth-order valence-electron chi connectivity index (χ4n) is 4.18. The van der Waals surface area contributed by atoms with Crippen LogP contribution in [-0.4, -0.2) is 51.2 Å². The lowest BCUT2D eigenvalue weighted by Gasteiger charge is -2.43. The zero-order chi connectivity index (χ0) is 27.6. The summed E-state index contributed by atoms with van der Waals surface area (Å²) in [6, 6.07) is 20.2. The van der Waals surface area contributed by atoms with E-state index in [-0.39, 0.29) is 9.90 Å². The van der Waals surface area contributed by atoms with Gasteiger partial charge in [-0.15, -0.1) is 23.1 Å². The normalized spacial score (nSPS) is 12.6. The minimum absolute atomic E-state index is 0.238. The summed E-state index contributed by atoms with van der Waals surface area (Å²) in [6.07, 6.45) is 0. The molecule has 202 valence electrons. The van der Waals surface area contributed by atoms with E-state index in [9.17, 15) is 13.2 Å². The number of anilines is 1. The van der Waals surface area contributed by atoms with Gasteiger partial charge in [-0.1, -0.05) is 48.5 Å². The van der Waals surface area contributed by atoms with Crippen LogP contribution in [0.2, 0.25) is 0 Å². The second kappa shape index (κ2) is 11.1. The lowest BCUT2D eigenvalue weighted by atomic mass is 10.1. The highest BCUT2D eigenvalue weighted by molar-refractivity contribution is 7.99. The van der Waals surface area contributed by atoms with Gasteiger partial charge in [0.15, 0.2) is 0 Å². The molecule has 0 aliphatic heterocycles. The molecule has 0 bridgehead atoms. The highest BCUT2D eigenvalue weighted by Gasteiger charge is 2.48. The molecular formula is C27H31N3O5S3. The number of carbonyl (C=O) groups is 1. The molecule has 0 spiro atoms. The molecule has 11 heteroatoms. The third-order valence-electron chi connectivity index (χ3n) is 6.42. The quantitative estimate of drug-likeness (QED) is 0.232. The summed E-state index contributed by atoms with van der Waals surface area (Å²) in [4.78, 5) is 16.6. The number of hydrogen-bond donors (Lipinski definition) is 2. The summed E-state index contributed by atoms with van der Waals surface area (Å²) >= 11 is 2.74. The third-order valence-corrected chi connectivity index (χ3v) is 11.0. The van der Waals surface area contributed by atoms with Gasteiger partial charge < -0.3 is 14.5 Å². The number of methoxy groups -OCH3 is 2. The van der Waals surface area contributed by atoms with Crippen LogP contribution in [0.3, 0.4) is 0 Å². The molecule has 2 aromatic heterocycles. The van der Waals surface area contributed by atoms with Gasteiger partial charge in [-0.05, 0) is 43.0 Å². The Balaban J connectivity index is 1.61. The summed E-state index contributed by atoms with van der Waals surface area (Å²) in [7, 11) is 0.727. The SMILES string of the molecule is COC(NC(=O)c1cc2cccc(N(C)S(=O)(=O)c3cccs3)c2[nH]1)(OC)C(C)(C)SCc1ccccc1. The molecule has 1 amide bonds. The number of thioether (sulfide) groups is 1. The number of aromatic amines is 1. The molecule has 0 aliphatic carbocycles. The first-order chi connectivity index (χ1) is 18.0. The fourth-order valence-corrected chi connectivity index (χ4v) is 7.67. The van der Waals surface area contributed by atoms with Crippen LogP contribution >= 0.6 is 23.1 Å². The van der Waals surface area contributed by atoms with E-state index in [0.717, 1.165) is 16.9 Å². The molecule has 0 saturated heterocycles. The number of hydrogen-bond acceptors (Lipinski definition) is 7. The number of fused-ring (bicyclic) bond motifs is 1. The molecule has 0 unspecified atom stereocenters. The summed E-state index contributed by atoms with van der Waals surface area (Å²) in [5, 5.41) is 5.33. The molecule has 0 saturated carbocycles. The Morgan fingerprint density at radius 2 is 1.76 bits per heavy atom. The number of nitrogens with one attached hydrogen (secondary N) is 2. The van der Waals surface area contributed by atoms with E-state index < -0.39 is 26.6 Å². The standard InChI is InChI=1S/C27H31N3O5S3/c1-26(2,37-18-19-11-7-6-8-12-19)27(34-4,35-5)29-25(31)21-17-20-13-9-14-22(24(20)28-21)30(3)38(32,33)23-15-10-16-36-23/h6-17,28H,18H2,1-5H3,(H,29,31). The van der Waals surface area contributed by atoms with Crippen molar-refractivity contribution in [1.82, 2.24) is 10.3 Å². The van der Waals surface area contributed by atoms with Gasteiger partial charge in [-0.2, -0.15) is 0 Å². The van der Waals surface area contributed by atoms with Gasteiger partial charge in [0, 0.05) is 32.4 Å². The van der Waals surface area contributed by atoms with E-state index in [1.165, 1.54) is 25.6 Å². The maximum absolute atomic E-state index is 13.5. The average Bonchev–Trinajstić information content (AvgIpc) is 3.61. The zero-order valence-corrected chi connectivity index (χ0v) is 24.3. The van der Waals surface area contributed by atoms with Gasteiger partial charge in [0.05, 0.1) is 16.0 Å². The smallest absolute Gasteiger partial charge is 0.273 e. The van der Waals surface area contributed by atoms with Crippen molar-refractivity contribution in [2.24, 2.45) is 0 Å². The van der Waals surface area contributed by atoms with Crippen LogP contribution in [0.15, 0.2) is 76.3 Å². The Morgan fingerprint density at radius 3 is 2.39 bits per heavy atom. The van der Waals surface area contributed by atoms with E-state index in [1.54, 1.807) is 47.5 Å². The Morgan fingerprint density at radius 1 is 1.05 bits per heavy atom. The molecule has 8 nitrogen and oxygen atoms in total. The van der Waals surface area contributed by atoms with Crippen LogP contribution in [0.1, 0.15) is 29.9 Å². The van der Waals surface area contributed by atoms with Gasteiger partial charge in [0.1, 0.15) is 9.90 Å². The van der Waals surface area contributed by atoms with Crippen LogP contribution in [-0.2, 0) is 25.2 Å². The number of aromatic nitrogens is 1. The highest BCUT2D eigenvalue weighted by atomic mass is 32.2. The van der Waals surface area contributed by atoms with Crippen LogP contribution < -0.4 is 9.62 Å². The lowest BCUT2D eigenvalue weighted by molar-refractivity contribution is -0.235. The van der Waals surface area contributed by atoms with E-state index in [4.69, 9.17) is 9.47 Å². The summed E-state index contributed by atoms with van der Waals surface area (Å²) in [5.41, 5.74) is 2.34. The summed E-state index contributed by atoms with van der Waals surface area (Å²) in [6.45, 7) is 3.89. The predicted octanol–water partition coefficient (Wildman–Crippen LogP) is 5.44. The van der Waals surface area contributed by atoms with Gasteiger partial charge in [-0.25, -0.2) is 8.42 Å². The number of benzene rings is 2. The molecule has 0 aliphatic rings. The van der Waals surface area contributed by atoms with E-state index in [2.05, 4.69) is 10.3 Å². The third kappa shape index (κ3) is 5.34. The lowest BCUT2D eigenvalue weighted by Crippen LogP contribution is -2.63. The first-order valence-corrected chi connectivity index (χ1v) is 15.1. The number of nitrogens with zero attached hydrogens (tertiary/aromatic N) is 1. The van der Waals surface area contributed by atoms with Crippen molar-refractivity contribution in [3.63, 3.8) is 0 Å². The van der Waals surface area contributed by atoms with Crippen molar-refractivity contribution in [3.8, 4) is 0 Å². The molecule has 4 aromatic rings. The number of amides is 1. The van der Waals surface area contributed by atoms with E-state index in [0.29, 0.717) is 22.3 Å². The molecule has 2 heterocycles. The van der Waals surface area contributed by atoms with Gasteiger partial charge in [0.25, 0.3) is 21.8 Å². The van der Waals surface area contributed by atoms with Crippen molar-refractivity contribution < 1.29 is 22.7 Å². The molecule has 2 N–H and O–H groups in total. The van der Waals surface area contributed by atoms with Crippen molar-refractivity contribution in [2.75, 3.05) is 25.6 Å². The number of para-hydroxylation sites is 1.